The lowest BCUT2D eigenvalue weighted by Crippen LogP contribution is -3.00. The van der Waals surface area contributed by atoms with E-state index in [-0.39, 0.29) is 34.5 Å². The molecule has 0 fully saturated rings. The van der Waals surface area contributed by atoms with Crippen LogP contribution in [0.1, 0.15) is 56.3 Å². The summed E-state index contributed by atoms with van der Waals surface area (Å²) in [5.74, 6) is 0.869. The molecular formula is C27H28BrNO3. The van der Waals surface area contributed by atoms with Crippen LogP contribution >= 0.6 is 0 Å². The van der Waals surface area contributed by atoms with Crippen molar-refractivity contribution in [3.63, 3.8) is 0 Å². The Morgan fingerprint density at radius 3 is 2.62 bits per heavy atom. The number of aromatic nitrogens is 1. The Morgan fingerprint density at radius 2 is 1.91 bits per heavy atom. The second-order valence-electron chi connectivity index (χ2n) is 8.37. The zero-order valence-corrected chi connectivity index (χ0v) is 20.3. The SMILES string of the molecule is COc1ccc2c(c1)CCC(Cc1cc[n+](Cc3ccccc3C)cc1C(C)=O)C2=O.[Br-]. The Kier molecular flexibility index (Phi) is 7.62. The number of benzene rings is 2. The predicted octanol–water partition coefficient (Wildman–Crippen LogP) is 1.53. The van der Waals surface area contributed by atoms with Gasteiger partial charge in [0, 0.05) is 23.1 Å². The van der Waals surface area contributed by atoms with Crippen molar-refractivity contribution < 1.29 is 35.9 Å². The van der Waals surface area contributed by atoms with Crippen LogP contribution in [0.4, 0.5) is 0 Å². The maximum Gasteiger partial charge on any atom is 0.180 e. The van der Waals surface area contributed by atoms with Gasteiger partial charge in [0.1, 0.15) is 5.75 Å². The average Bonchev–Trinajstić information content (AvgIpc) is 2.77. The highest BCUT2D eigenvalue weighted by Crippen LogP contribution is 2.31. The Bertz CT molecular complexity index is 1160. The maximum atomic E-state index is 13.1. The highest BCUT2D eigenvalue weighted by atomic mass is 79.9. The van der Waals surface area contributed by atoms with Crippen molar-refractivity contribution in [2.24, 2.45) is 5.92 Å². The van der Waals surface area contributed by atoms with Crippen molar-refractivity contribution in [1.82, 2.24) is 0 Å². The molecule has 166 valence electrons. The fraction of sp³-hybridized carbons (Fsp3) is 0.296. The van der Waals surface area contributed by atoms with E-state index in [1.807, 2.05) is 53.4 Å². The number of carbonyl (C=O) groups excluding carboxylic acids is 2. The lowest BCUT2D eigenvalue weighted by atomic mass is 9.79. The molecule has 0 aliphatic heterocycles. The summed E-state index contributed by atoms with van der Waals surface area (Å²) in [6.07, 6.45) is 6.16. The first-order chi connectivity index (χ1) is 15.0. The molecule has 0 N–H and O–H groups in total. The first-order valence-corrected chi connectivity index (χ1v) is 10.7. The molecule has 1 heterocycles. The molecule has 32 heavy (non-hydrogen) atoms. The molecular weight excluding hydrogens is 466 g/mol. The average molecular weight is 494 g/mol. The van der Waals surface area contributed by atoms with Gasteiger partial charge in [-0.25, -0.2) is 4.57 Å². The van der Waals surface area contributed by atoms with E-state index in [0.717, 1.165) is 35.3 Å². The predicted molar refractivity (Wildman–Crippen MR) is 120 cm³/mol. The molecule has 5 heteroatoms. The summed E-state index contributed by atoms with van der Waals surface area (Å²) in [6.45, 7) is 4.41. The molecule has 0 amide bonds. The van der Waals surface area contributed by atoms with Gasteiger partial charge in [0.25, 0.3) is 0 Å². The van der Waals surface area contributed by atoms with E-state index in [4.69, 9.17) is 4.74 Å². The standard InChI is InChI=1S/C27H28NO3.BrH/c1-18-6-4-5-7-23(18)16-28-13-12-21(26(17-28)19(2)29)14-22-9-8-20-15-24(31-3)10-11-25(20)27(22)30;/h4-7,10-13,15,17,22H,8-9,14,16H2,1-3H3;1H/q+1;/p-1. The van der Waals surface area contributed by atoms with Crippen LogP contribution in [0.25, 0.3) is 0 Å². The van der Waals surface area contributed by atoms with Gasteiger partial charge in [-0.1, -0.05) is 24.3 Å². The van der Waals surface area contributed by atoms with E-state index in [9.17, 15) is 9.59 Å². The molecule has 0 spiro atoms. The van der Waals surface area contributed by atoms with Crippen molar-refractivity contribution in [3.8, 4) is 5.75 Å². The quantitative estimate of drug-likeness (QED) is 0.386. The van der Waals surface area contributed by atoms with Crippen molar-refractivity contribution in [2.75, 3.05) is 7.11 Å². The Balaban J connectivity index is 0.00000289. The fourth-order valence-corrected chi connectivity index (χ4v) is 4.43. The molecule has 4 rings (SSSR count). The smallest absolute Gasteiger partial charge is 0.180 e. The van der Waals surface area contributed by atoms with Crippen LogP contribution in [0, 0.1) is 12.8 Å². The highest BCUT2D eigenvalue weighted by molar-refractivity contribution is 6.01. The van der Waals surface area contributed by atoms with Gasteiger partial charge in [-0.15, -0.1) is 0 Å². The summed E-state index contributed by atoms with van der Waals surface area (Å²) in [6, 6.07) is 15.9. The van der Waals surface area contributed by atoms with E-state index in [1.165, 1.54) is 11.1 Å². The number of fused-ring (bicyclic) bond motifs is 1. The fourth-order valence-electron chi connectivity index (χ4n) is 4.43. The van der Waals surface area contributed by atoms with Crippen LogP contribution in [0.15, 0.2) is 60.9 Å². The highest BCUT2D eigenvalue weighted by Gasteiger charge is 2.29. The van der Waals surface area contributed by atoms with Crippen molar-refractivity contribution in [2.45, 2.75) is 39.7 Å². The molecule has 0 bridgehead atoms. The molecule has 1 atom stereocenters. The molecule has 1 aromatic heterocycles. The topological polar surface area (TPSA) is 47.2 Å². The van der Waals surface area contributed by atoms with Crippen molar-refractivity contribution >= 4 is 11.6 Å². The molecule has 0 radical (unpaired) electrons. The van der Waals surface area contributed by atoms with Crippen LogP contribution in [0.2, 0.25) is 0 Å². The lowest BCUT2D eigenvalue weighted by Gasteiger charge is -2.24. The number of rotatable bonds is 6. The molecule has 1 aliphatic carbocycles. The molecule has 1 unspecified atom stereocenters. The lowest BCUT2D eigenvalue weighted by molar-refractivity contribution is -0.688. The molecule has 1 aliphatic rings. The van der Waals surface area contributed by atoms with E-state index < -0.39 is 0 Å². The van der Waals surface area contributed by atoms with Crippen LogP contribution in [0.5, 0.6) is 5.75 Å². The zero-order valence-electron chi connectivity index (χ0n) is 18.7. The van der Waals surface area contributed by atoms with Gasteiger partial charge in [0.15, 0.2) is 30.5 Å². The minimum absolute atomic E-state index is 0. The minimum atomic E-state index is -0.105. The Morgan fingerprint density at radius 1 is 1.12 bits per heavy atom. The summed E-state index contributed by atoms with van der Waals surface area (Å²) in [7, 11) is 1.64. The molecule has 2 aromatic carbocycles. The Hall–Kier alpha value is -2.79. The van der Waals surface area contributed by atoms with E-state index in [0.29, 0.717) is 18.5 Å². The molecule has 3 aromatic rings. The van der Waals surface area contributed by atoms with E-state index in [2.05, 4.69) is 19.1 Å². The normalized spacial score (nSPS) is 15.0. The van der Waals surface area contributed by atoms with Gasteiger partial charge < -0.3 is 21.7 Å². The van der Waals surface area contributed by atoms with Crippen molar-refractivity contribution in [3.05, 3.63) is 94.3 Å². The number of aryl methyl sites for hydroxylation is 2. The van der Waals surface area contributed by atoms with E-state index >= 15 is 0 Å². The summed E-state index contributed by atoms with van der Waals surface area (Å²) in [5.41, 5.74) is 5.94. The summed E-state index contributed by atoms with van der Waals surface area (Å²) in [4.78, 5) is 25.5. The molecule has 0 saturated carbocycles. The Labute approximate surface area is 200 Å². The molecule has 0 saturated heterocycles. The third-order valence-corrected chi connectivity index (χ3v) is 6.28. The number of hydrogen-bond donors (Lipinski definition) is 0. The first kappa shape index (κ1) is 23.9. The van der Waals surface area contributed by atoms with Gasteiger partial charge in [0.2, 0.25) is 0 Å². The largest absolute Gasteiger partial charge is 1.00 e. The number of ketones is 2. The van der Waals surface area contributed by atoms with Gasteiger partial charge in [-0.05, 0) is 68.0 Å². The second-order valence-corrected chi connectivity index (χ2v) is 8.37. The van der Waals surface area contributed by atoms with Gasteiger partial charge in [0.05, 0.1) is 12.7 Å². The van der Waals surface area contributed by atoms with Crippen LogP contribution in [-0.2, 0) is 19.4 Å². The second kappa shape index (κ2) is 10.2. The number of Topliss-reactive ketones (excluding diaryl/α,β-unsaturated/α-hetero) is 2. The summed E-state index contributed by atoms with van der Waals surface area (Å²) < 4.78 is 7.34. The minimum Gasteiger partial charge on any atom is -1.00 e. The third kappa shape index (κ3) is 4.99. The number of ether oxygens (including phenoxy) is 1. The number of pyridine rings is 1. The van der Waals surface area contributed by atoms with Gasteiger partial charge in [-0.3, -0.25) is 9.59 Å². The molecule has 4 nitrogen and oxygen atoms in total. The van der Waals surface area contributed by atoms with Gasteiger partial charge >= 0.3 is 0 Å². The van der Waals surface area contributed by atoms with Crippen molar-refractivity contribution in [1.29, 1.82) is 0 Å². The van der Waals surface area contributed by atoms with Crippen LogP contribution in [0.3, 0.4) is 0 Å². The number of carbonyl (C=O) groups is 2. The van der Waals surface area contributed by atoms with Crippen LogP contribution < -0.4 is 26.3 Å². The van der Waals surface area contributed by atoms with Gasteiger partial charge in [-0.2, -0.15) is 0 Å². The summed E-state index contributed by atoms with van der Waals surface area (Å²) in [5, 5.41) is 0. The zero-order chi connectivity index (χ0) is 22.0. The number of methoxy groups -OCH3 is 1. The van der Waals surface area contributed by atoms with Crippen LogP contribution in [-0.4, -0.2) is 18.7 Å². The number of hydrogen-bond acceptors (Lipinski definition) is 3. The third-order valence-electron chi connectivity index (χ3n) is 6.28. The first-order valence-electron chi connectivity index (χ1n) is 10.7. The number of nitrogens with zero attached hydrogens (tertiary/aromatic N) is 1. The monoisotopic (exact) mass is 493 g/mol. The summed E-state index contributed by atoms with van der Waals surface area (Å²) >= 11 is 0. The number of halogens is 1. The van der Waals surface area contributed by atoms with E-state index in [1.54, 1.807) is 14.0 Å². The maximum absolute atomic E-state index is 13.1.